The highest BCUT2D eigenvalue weighted by Gasteiger charge is 2.50. The molecule has 2 aromatic heterocycles. The highest BCUT2D eigenvalue weighted by atomic mass is 19.1. The Morgan fingerprint density at radius 2 is 2.13 bits per heavy atom. The molecule has 1 saturated carbocycles. The SMILES string of the molecule is CC1(F)C(O)COC1n1cnc2c(NC3CCCC3)ncnc21. The Labute approximate surface area is 132 Å². The van der Waals surface area contributed by atoms with E-state index >= 15 is 0 Å². The first-order valence-electron chi connectivity index (χ1n) is 8.00. The van der Waals surface area contributed by atoms with Crippen molar-refractivity contribution in [1.82, 2.24) is 19.5 Å². The molecule has 124 valence electrons. The summed E-state index contributed by atoms with van der Waals surface area (Å²) in [5.41, 5.74) is -0.791. The van der Waals surface area contributed by atoms with Gasteiger partial charge in [-0.1, -0.05) is 12.8 Å². The lowest BCUT2D eigenvalue weighted by Gasteiger charge is -2.24. The topological polar surface area (TPSA) is 85.1 Å². The smallest absolute Gasteiger partial charge is 0.180 e. The number of imidazole rings is 1. The van der Waals surface area contributed by atoms with E-state index in [1.165, 1.54) is 37.0 Å². The fraction of sp³-hybridized carbons (Fsp3) is 0.667. The van der Waals surface area contributed by atoms with Gasteiger partial charge in [-0.25, -0.2) is 19.3 Å². The quantitative estimate of drug-likeness (QED) is 0.896. The minimum atomic E-state index is -1.89. The van der Waals surface area contributed by atoms with Gasteiger partial charge in [0.1, 0.15) is 12.4 Å². The molecule has 23 heavy (non-hydrogen) atoms. The Bertz CT molecular complexity index is 713. The first-order chi connectivity index (χ1) is 11.1. The van der Waals surface area contributed by atoms with E-state index in [4.69, 9.17) is 4.74 Å². The van der Waals surface area contributed by atoms with E-state index in [9.17, 15) is 9.50 Å². The predicted octanol–water partition coefficient (Wildman–Crippen LogP) is 1.80. The molecule has 2 N–H and O–H groups in total. The Kier molecular flexibility index (Phi) is 3.46. The second-order valence-corrected chi connectivity index (χ2v) is 6.52. The van der Waals surface area contributed by atoms with Crippen LogP contribution in [0.4, 0.5) is 10.2 Å². The summed E-state index contributed by atoms with van der Waals surface area (Å²) in [7, 11) is 0. The van der Waals surface area contributed by atoms with Gasteiger partial charge in [0, 0.05) is 6.04 Å². The first kappa shape index (κ1) is 14.8. The molecule has 2 aliphatic rings. The van der Waals surface area contributed by atoms with E-state index < -0.39 is 18.0 Å². The second kappa shape index (κ2) is 5.38. The Balaban J connectivity index is 1.70. The number of nitrogens with zero attached hydrogens (tertiary/aromatic N) is 4. The van der Waals surface area contributed by atoms with E-state index in [1.807, 2.05) is 0 Å². The summed E-state index contributed by atoms with van der Waals surface area (Å²) < 4.78 is 21.7. The van der Waals surface area contributed by atoms with Gasteiger partial charge in [0.2, 0.25) is 0 Å². The van der Waals surface area contributed by atoms with Crippen LogP contribution >= 0.6 is 0 Å². The summed E-state index contributed by atoms with van der Waals surface area (Å²) in [4.78, 5) is 12.9. The van der Waals surface area contributed by atoms with E-state index in [2.05, 4.69) is 20.3 Å². The summed E-state index contributed by atoms with van der Waals surface area (Å²) in [6.45, 7) is 1.29. The summed E-state index contributed by atoms with van der Waals surface area (Å²) in [6, 6.07) is 0.397. The molecule has 0 aromatic carbocycles. The molecule has 2 fully saturated rings. The molecule has 0 amide bonds. The zero-order valence-electron chi connectivity index (χ0n) is 12.9. The number of ether oxygens (including phenoxy) is 1. The zero-order chi connectivity index (χ0) is 16.0. The lowest BCUT2D eigenvalue weighted by Crippen LogP contribution is -2.37. The van der Waals surface area contributed by atoms with Crippen molar-refractivity contribution < 1.29 is 14.2 Å². The van der Waals surface area contributed by atoms with Gasteiger partial charge in [0.25, 0.3) is 0 Å². The van der Waals surface area contributed by atoms with Gasteiger partial charge in [-0.2, -0.15) is 0 Å². The molecule has 3 heterocycles. The van der Waals surface area contributed by atoms with E-state index in [0.717, 1.165) is 12.8 Å². The summed E-state index contributed by atoms with van der Waals surface area (Å²) in [5, 5.41) is 13.2. The minimum Gasteiger partial charge on any atom is -0.387 e. The summed E-state index contributed by atoms with van der Waals surface area (Å²) >= 11 is 0. The molecule has 0 bridgehead atoms. The van der Waals surface area contributed by atoms with Crippen LogP contribution in [0.1, 0.15) is 38.8 Å². The van der Waals surface area contributed by atoms with Crippen LogP contribution in [0.15, 0.2) is 12.7 Å². The maximum absolute atomic E-state index is 14.7. The number of halogens is 1. The zero-order valence-corrected chi connectivity index (χ0v) is 12.9. The molecular weight excluding hydrogens is 301 g/mol. The van der Waals surface area contributed by atoms with Crippen molar-refractivity contribution in [2.75, 3.05) is 11.9 Å². The van der Waals surface area contributed by atoms with Gasteiger partial charge in [-0.15, -0.1) is 0 Å². The highest BCUT2D eigenvalue weighted by molar-refractivity contribution is 5.82. The molecule has 3 atom stereocenters. The largest absolute Gasteiger partial charge is 0.387 e. The van der Waals surface area contributed by atoms with Gasteiger partial charge in [0.05, 0.1) is 12.9 Å². The van der Waals surface area contributed by atoms with Crippen molar-refractivity contribution in [1.29, 1.82) is 0 Å². The number of nitrogens with one attached hydrogen (secondary N) is 1. The number of rotatable bonds is 3. The lowest BCUT2D eigenvalue weighted by atomic mass is 10.0. The molecule has 2 aromatic rings. The average Bonchev–Trinajstić information content (AvgIpc) is 3.22. The van der Waals surface area contributed by atoms with Gasteiger partial charge < -0.3 is 15.2 Å². The van der Waals surface area contributed by atoms with Gasteiger partial charge in [-0.05, 0) is 19.8 Å². The van der Waals surface area contributed by atoms with Crippen molar-refractivity contribution in [3.05, 3.63) is 12.7 Å². The number of alkyl halides is 1. The van der Waals surface area contributed by atoms with Crippen LogP contribution in [0.25, 0.3) is 11.2 Å². The third-order valence-electron chi connectivity index (χ3n) is 4.85. The fourth-order valence-electron chi connectivity index (χ4n) is 3.42. The number of hydrogen-bond acceptors (Lipinski definition) is 6. The first-order valence-corrected chi connectivity index (χ1v) is 8.00. The Morgan fingerprint density at radius 3 is 2.83 bits per heavy atom. The Hall–Kier alpha value is -1.80. The normalized spacial score (nSPS) is 32.0. The fourth-order valence-corrected chi connectivity index (χ4v) is 3.42. The molecule has 0 spiro atoms. The second-order valence-electron chi connectivity index (χ2n) is 6.52. The minimum absolute atomic E-state index is 0.0460. The number of hydrogen-bond donors (Lipinski definition) is 2. The molecule has 1 saturated heterocycles. The Morgan fingerprint density at radius 1 is 1.35 bits per heavy atom. The molecule has 3 unspecified atom stereocenters. The number of fused-ring (bicyclic) bond motifs is 1. The molecule has 4 rings (SSSR count). The van der Waals surface area contributed by atoms with E-state index in [1.54, 1.807) is 0 Å². The van der Waals surface area contributed by atoms with Crippen LogP contribution in [0.3, 0.4) is 0 Å². The average molecular weight is 321 g/mol. The van der Waals surface area contributed by atoms with Crippen LogP contribution in [0.2, 0.25) is 0 Å². The van der Waals surface area contributed by atoms with Crippen molar-refractivity contribution >= 4 is 17.0 Å². The van der Waals surface area contributed by atoms with Crippen molar-refractivity contribution in [2.45, 2.75) is 56.6 Å². The van der Waals surface area contributed by atoms with E-state index in [0.29, 0.717) is 23.0 Å². The van der Waals surface area contributed by atoms with Gasteiger partial charge >= 0.3 is 0 Å². The number of aliphatic hydroxyl groups is 1. The van der Waals surface area contributed by atoms with Crippen LogP contribution < -0.4 is 5.32 Å². The van der Waals surface area contributed by atoms with E-state index in [-0.39, 0.29) is 6.61 Å². The predicted molar refractivity (Wildman–Crippen MR) is 81.7 cm³/mol. The van der Waals surface area contributed by atoms with Crippen molar-refractivity contribution in [2.24, 2.45) is 0 Å². The lowest BCUT2D eigenvalue weighted by molar-refractivity contribution is -0.0339. The molecule has 1 aliphatic heterocycles. The number of anilines is 1. The van der Waals surface area contributed by atoms with Gasteiger partial charge in [0.15, 0.2) is 28.9 Å². The van der Waals surface area contributed by atoms with Gasteiger partial charge in [-0.3, -0.25) is 4.57 Å². The summed E-state index contributed by atoms with van der Waals surface area (Å²) in [5.74, 6) is 0.666. The monoisotopic (exact) mass is 321 g/mol. The maximum atomic E-state index is 14.7. The van der Waals surface area contributed by atoms with Crippen LogP contribution in [0, 0.1) is 0 Å². The molecular formula is C15H20FN5O2. The molecule has 0 radical (unpaired) electrons. The third-order valence-corrected chi connectivity index (χ3v) is 4.85. The number of aliphatic hydroxyl groups excluding tert-OH is 1. The summed E-state index contributed by atoms with van der Waals surface area (Å²) in [6.07, 6.45) is 5.50. The van der Waals surface area contributed by atoms with Crippen molar-refractivity contribution in [3.8, 4) is 0 Å². The molecule has 7 nitrogen and oxygen atoms in total. The number of aromatic nitrogens is 4. The highest BCUT2D eigenvalue weighted by Crippen LogP contribution is 2.39. The maximum Gasteiger partial charge on any atom is 0.180 e. The van der Waals surface area contributed by atoms with Crippen LogP contribution in [-0.2, 0) is 4.74 Å². The molecule has 1 aliphatic carbocycles. The van der Waals surface area contributed by atoms with Crippen LogP contribution in [-0.4, -0.2) is 49.0 Å². The molecule has 8 heteroatoms. The standard InChI is InChI=1S/C15H20FN5O2/c1-15(16)10(22)6-23-14(15)21-8-19-11-12(17-7-18-13(11)21)20-9-4-2-3-5-9/h7-10,14,22H,2-6H2,1H3,(H,17,18,20). The van der Waals surface area contributed by atoms with Crippen molar-refractivity contribution in [3.63, 3.8) is 0 Å². The third kappa shape index (κ3) is 2.36. The van der Waals surface area contributed by atoms with Crippen LogP contribution in [0.5, 0.6) is 0 Å².